The van der Waals surface area contributed by atoms with Crippen LogP contribution in [0.5, 0.6) is 0 Å². The van der Waals surface area contributed by atoms with Gasteiger partial charge in [0.15, 0.2) is 0 Å². The molecule has 2 aliphatic carbocycles. The Hall–Kier alpha value is -1.39. The van der Waals surface area contributed by atoms with Gasteiger partial charge >= 0.3 is 0 Å². The van der Waals surface area contributed by atoms with E-state index in [1.165, 1.54) is 0 Å². The van der Waals surface area contributed by atoms with Gasteiger partial charge in [-0.1, -0.05) is 48.9 Å². The molecule has 1 aromatic carbocycles. The van der Waals surface area contributed by atoms with Gasteiger partial charge in [0.05, 0.1) is 4.90 Å². The molecule has 106 valence electrons. The standard InChI is InChI=1S/C16H19NO2S/c18-20(19,14-9-2-1-3-10-14)17-16-12-6-8-13-7-4-5-11-15(13)16/h1-5,7,9-11,13,15-17H,6,8,12H2/t13-,15-,16-/m0/s1. The van der Waals surface area contributed by atoms with Gasteiger partial charge in [0, 0.05) is 6.04 Å². The molecule has 0 amide bonds. The monoisotopic (exact) mass is 289 g/mol. The van der Waals surface area contributed by atoms with Crippen LogP contribution < -0.4 is 4.72 Å². The van der Waals surface area contributed by atoms with Gasteiger partial charge in [-0.05, 0) is 36.8 Å². The summed E-state index contributed by atoms with van der Waals surface area (Å²) in [7, 11) is -3.42. The van der Waals surface area contributed by atoms with Crippen molar-refractivity contribution in [2.24, 2.45) is 11.8 Å². The van der Waals surface area contributed by atoms with Crippen molar-refractivity contribution in [2.75, 3.05) is 0 Å². The Bertz CT molecular complexity index is 619. The van der Waals surface area contributed by atoms with E-state index in [0.717, 1.165) is 19.3 Å². The molecule has 0 bridgehead atoms. The Balaban J connectivity index is 1.80. The van der Waals surface area contributed by atoms with Crippen LogP contribution in [0.2, 0.25) is 0 Å². The highest BCUT2D eigenvalue weighted by Gasteiger charge is 2.33. The largest absolute Gasteiger partial charge is 0.240 e. The second kappa shape index (κ2) is 5.54. The third kappa shape index (κ3) is 2.72. The van der Waals surface area contributed by atoms with Gasteiger partial charge in [0.25, 0.3) is 0 Å². The molecule has 3 nitrogen and oxygen atoms in total. The van der Waals surface area contributed by atoms with Crippen molar-refractivity contribution in [1.29, 1.82) is 0 Å². The summed E-state index contributed by atoms with van der Waals surface area (Å²) in [6.07, 6.45) is 11.6. The third-order valence-corrected chi connectivity index (χ3v) is 5.68. The number of hydrogen-bond donors (Lipinski definition) is 1. The Morgan fingerprint density at radius 1 is 1.00 bits per heavy atom. The Morgan fingerprint density at radius 3 is 2.55 bits per heavy atom. The highest BCUT2D eigenvalue weighted by atomic mass is 32.2. The molecule has 2 aliphatic rings. The highest BCUT2D eigenvalue weighted by molar-refractivity contribution is 7.89. The second-order valence-corrected chi connectivity index (χ2v) is 7.20. The molecule has 0 aliphatic heterocycles. The van der Waals surface area contributed by atoms with Crippen molar-refractivity contribution in [2.45, 2.75) is 30.2 Å². The van der Waals surface area contributed by atoms with Gasteiger partial charge in [-0.3, -0.25) is 0 Å². The van der Waals surface area contributed by atoms with E-state index in [1.54, 1.807) is 24.3 Å². The van der Waals surface area contributed by atoms with E-state index < -0.39 is 10.0 Å². The first kappa shape index (κ1) is 13.6. The SMILES string of the molecule is O=S(=O)(N[C@H]1CCC[C@@H]2C=CC=C[C@H]12)c1ccccc1. The maximum atomic E-state index is 12.4. The lowest BCUT2D eigenvalue weighted by Crippen LogP contribution is -2.44. The minimum absolute atomic E-state index is 0.000145. The molecule has 20 heavy (non-hydrogen) atoms. The Labute approximate surface area is 120 Å². The summed E-state index contributed by atoms with van der Waals surface area (Å²) in [5.41, 5.74) is 0. The number of allylic oxidation sites excluding steroid dienone is 3. The van der Waals surface area contributed by atoms with E-state index in [0.29, 0.717) is 10.8 Å². The molecule has 0 aromatic heterocycles. The summed E-state index contributed by atoms with van der Waals surface area (Å²) in [6, 6.07) is 8.60. The summed E-state index contributed by atoms with van der Waals surface area (Å²) in [5.74, 6) is 0.754. The molecular formula is C16H19NO2S. The van der Waals surface area contributed by atoms with Gasteiger partial charge in [-0.15, -0.1) is 0 Å². The summed E-state index contributed by atoms with van der Waals surface area (Å²) in [5, 5.41) is 0. The maximum absolute atomic E-state index is 12.4. The van der Waals surface area contributed by atoms with Crippen molar-refractivity contribution in [1.82, 2.24) is 4.72 Å². The normalized spacial score (nSPS) is 29.1. The summed E-state index contributed by atoms with van der Waals surface area (Å²) in [6.45, 7) is 0. The minimum Gasteiger partial charge on any atom is -0.207 e. The van der Waals surface area contributed by atoms with Crippen molar-refractivity contribution >= 4 is 10.0 Å². The average molecular weight is 289 g/mol. The van der Waals surface area contributed by atoms with Crippen LogP contribution in [0.25, 0.3) is 0 Å². The van der Waals surface area contributed by atoms with E-state index in [4.69, 9.17) is 0 Å². The Morgan fingerprint density at radius 2 is 1.75 bits per heavy atom. The van der Waals surface area contributed by atoms with Crippen molar-refractivity contribution in [3.8, 4) is 0 Å². The molecular weight excluding hydrogens is 270 g/mol. The summed E-state index contributed by atoms with van der Waals surface area (Å²) >= 11 is 0. The van der Waals surface area contributed by atoms with E-state index in [1.807, 2.05) is 12.1 Å². The number of sulfonamides is 1. The third-order valence-electron chi connectivity index (χ3n) is 4.17. The molecule has 0 spiro atoms. The van der Waals surface area contributed by atoms with Gasteiger partial charge < -0.3 is 0 Å². The average Bonchev–Trinajstić information content (AvgIpc) is 2.48. The van der Waals surface area contributed by atoms with Crippen molar-refractivity contribution < 1.29 is 8.42 Å². The first-order chi connectivity index (χ1) is 9.67. The number of benzene rings is 1. The van der Waals surface area contributed by atoms with Crippen molar-refractivity contribution in [3.63, 3.8) is 0 Å². The molecule has 4 heteroatoms. The fraction of sp³-hybridized carbons (Fsp3) is 0.375. The number of rotatable bonds is 3. The number of hydrogen-bond acceptors (Lipinski definition) is 2. The molecule has 1 N–H and O–H groups in total. The quantitative estimate of drug-likeness (QED) is 0.930. The number of fused-ring (bicyclic) bond motifs is 1. The van der Waals surface area contributed by atoms with E-state index >= 15 is 0 Å². The molecule has 0 unspecified atom stereocenters. The molecule has 3 rings (SSSR count). The van der Waals surface area contributed by atoms with Crippen LogP contribution in [0.3, 0.4) is 0 Å². The fourth-order valence-electron chi connectivity index (χ4n) is 3.16. The summed E-state index contributed by atoms with van der Waals surface area (Å²) < 4.78 is 27.7. The molecule has 0 saturated heterocycles. The second-order valence-electron chi connectivity index (χ2n) is 5.48. The lowest BCUT2D eigenvalue weighted by molar-refractivity contribution is 0.275. The zero-order chi connectivity index (χ0) is 14.0. The smallest absolute Gasteiger partial charge is 0.207 e. The van der Waals surface area contributed by atoms with Crippen molar-refractivity contribution in [3.05, 3.63) is 54.6 Å². The zero-order valence-electron chi connectivity index (χ0n) is 11.3. The van der Waals surface area contributed by atoms with Crippen LogP contribution in [0.4, 0.5) is 0 Å². The molecule has 1 saturated carbocycles. The molecule has 0 heterocycles. The van der Waals surface area contributed by atoms with Crippen LogP contribution in [0.1, 0.15) is 19.3 Å². The fourth-order valence-corrected chi connectivity index (χ4v) is 4.49. The lowest BCUT2D eigenvalue weighted by Gasteiger charge is -2.36. The highest BCUT2D eigenvalue weighted by Crippen LogP contribution is 2.35. The van der Waals surface area contributed by atoms with E-state index in [9.17, 15) is 8.42 Å². The van der Waals surface area contributed by atoms with Gasteiger partial charge in [-0.2, -0.15) is 0 Å². The van der Waals surface area contributed by atoms with Crippen LogP contribution in [0, 0.1) is 11.8 Å². The first-order valence-corrected chi connectivity index (χ1v) is 8.57. The first-order valence-electron chi connectivity index (χ1n) is 7.09. The van der Waals surface area contributed by atoms with E-state index in [2.05, 4.69) is 23.0 Å². The molecule has 3 atom stereocenters. The zero-order valence-corrected chi connectivity index (χ0v) is 12.1. The lowest BCUT2D eigenvalue weighted by atomic mass is 9.74. The van der Waals surface area contributed by atoms with Gasteiger partial charge in [-0.25, -0.2) is 13.1 Å². The Kier molecular flexibility index (Phi) is 3.76. The van der Waals surface area contributed by atoms with Gasteiger partial charge in [0.2, 0.25) is 10.0 Å². The molecule has 0 radical (unpaired) electrons. The molecule has 1 fully saturated rings. The predicted octanol–water partition coefficient (Wildman–Crippen LogP) is 2.88. The van der Waals surface area contributed by atoms with Crippen LogP contribution >= 0.6 is 0 Å². The maximum Gasteiger partial charge on any atom is 0.240 e. The van der Waals surface area contributed by atoms with Crippen LogP contribution in [-0.4, -0.2) is 14.5 Å². The van der Waals surface area contributed by atoms with E-state index in [-0.39, 0.29) is 12.0 Å². The van der Waals surface area contributed by atoms with Gasteiger partial charge in [0.1, 0.15) is 0 Å². The number of nitrogens with one attached hydrogen (secondary N) is 1. The molecule has 1 aromatic rings. The summed E-state index contributed by atoms with van der Waals surface area (Å²) in [4.78, 5) is 0.345. The van der Waals surface area contributed by atoms with Crippen LogP contribution in [-0.2, 0) is 10.0 Å². The van der Waals surface area contributed by atoms with Crippen LogP contribution in [0.15, 0.2) is 59.5 Å². The minimum atomic E-state index is -3.42. The predicted molar refractivity (Wildman–Crippen MR) is 79.7 cm³/mol. The topological polar surface area (TPSA) is 46.2 Å².